The van der Waals surface area contributed by atoms with Crippen LogP contribution in [0.4, 0.5) is 0 Å². The first kappa shape index (κ1) is 26.1. The smallest absolute Gasteiger partial charge is 0.0468 e. The molecule has 0 aliphatic carbocycles. The van der Waals surface area contributed by atoms with Crippen LogP contribution in [-0.2, 0) is 14.7 Å². The summed E-state index contributed by atoms with van der Waals surface area (Å²) >= 11 is 0.157. The van der Waals surface area contributed by atoms with Crippen molar-refractivity contribution in [2.45, 2.75) is 98.8 Å². The summed E-state index contributed by atoms with van der Waals surface area (Å²) < 4.78 is 14.9. The molecule has 158 valence electrons. The number of thiophene rings is 1. The second-order valence-corrected chi connectivity index (χ2v) is 40.2. The third kappa shape index (κ3) is 11.7. The van der Waals surface area contributed by atoms with E-state index in [0.29, 0.717) is 0 Å². The Labute approximate surface area is 180 Å². The predicted molar refractivity (Wildman–Crippen MR) is 135 cm³/mol. The van der Waals surface area contributed by atoms with Crippen molar-refractivity contribution in [2.24, 2.45) is 0 Å². The van der Waals surface area contributed by atoms with E-state index in [-0.39, 0.29) is 0 Å². The first-order valence-electron chi connectivity index (χ1n) is 10.6. The molecule has 1 heterocycles. The Kier molecular flexibility index (Phi) is 10.1. The predicted octanol–water partition coefficient (Wildman–Crippen LogP) is 7.17. The molecule has 0 N–H and O–H groups in total. The summed E-state index contributed by atoms with van der Waals surface area (Å²) in [5.41, 5.74) is 1.57. The van der Waals surface area contributed by atoms with Crippen LogP contribution in [0.3, 0.4) is 0 Å². The molecule has 1 rings (SSSR count). The Hall–Kier alpha value is 1.07. The van der Waals surface area contributed by atoms with Crippen LogP contribution in [-0.4, -0.2) is 43.6 Å². The molecule has 0 bridgehead atoms. The summed E-state index contributed by atoms with van der Waals surface area (Å²) in [5.74, 6) is 0. The first-order chi connectivity index (χ1) is 12.1. The average molecular weight is 552 g/mol. The van der Waals surface area contributed by atoms with Gasteiger partial charge >= 0.3 is 143 Å². The standard InChI is InChI=1S/C17H35O2SSi3.3CH3.Sn/c1-21(2,3)18-23(7,19-22(4,5)6)15-11-9-8-10-12-17-13-14-20-16-17;;;;/h13,16H,8-12,15H2,1-7H3;3*1H3;. The zero-order valence-electron chi connectivity index (χ0n) is 19.6. The molecular weight excluding hydrogens is 507 g/mol. The third-order valence-electron chi connectivity index (χ3n) is 4.28. The monoisotopic (exact) mass is 552 g/mol. The zero-order valence-corrected chi connectivity index (χ0v) is 26.3. The second-order valence-electron chi connectivity index (χ2n) is 11.0. The molecule has 0 fully saturated rings. The third-order valence-corrected chi connectivity index (χ3v) is 24.4. The van der Waals surface area contributed by atoms with Gasteiger partial charge in [-0.1, -0.05) is 0 Å². The molecular formula is C20H44O2SSi3Sn. The number of hydrogen-bond acceptors (Lipinski definition) is 3. The SMILES string of the molecule is C[Si](C)(C)O[Si](C)(CCCCCCc1cs[c]([Sn]([CH3])([CH3])[CH3])c1)O[Si](C)(C)C. The quantitative estimate of drug-likeness (QED) is 0.203. The van der Waals surface area contributed by atoms with Crippen LogP contribution < -0.4 is 2.89 Å². The van der Waals surface area contributed by atoms with Crippen LogP contribution in [0.15, 0.2) is 11.4 Å². The number of unbranched alkanes of at least 4 members (excludes halogenated alkanes) is 3. The molecule has 0 saturated heterocycles. The summed E-state index contributed by atoms with van der Waals surface area (Å²) in [7, 11) is -5.15. The van der Waals surface area contributed by atoms with E-state index in [0.717, 1.165) is 6.04 Å². The van der Waals surface area contributed by atoms with Gasteiger partial charge in [-0.25, -0.2) is 0 Å². The summed E-state index contributed by atoms with van der Waals surface area (Å²) in [4.78, 5) is 7.53. The maximum absolute atomic E-state index is 6.61. The van der Waals surface area contributed by atoms with Crippen molar-refractivity contribution in [3.63, 3.8) is 0 Å². The molecule has 0 amide bonds. The molecule has 1 aromatic rings. The molecule has 0 unspecified atom stereocenters. The fourth-order valence-electron chi connectivity index (χ4n) is 3.45. The molecule has 0 saturated carbocycles. The van der Waals surface area contributed by atoms with E-state index < -0.39 is 43.6 Å². The van der Waals surface area contributed by atoms with Crippen LogP contribution >= 0.6 is 11.3 Å². The molecule has 0 spiro atoms. The minimum Gasteiger partial charge on any atom is -0.0468 e. The van der Waals surface area contributed by atoms with Gasteiger partial charge in [0.1, 0.15) is 0 Å². The summed E-state index contributed by atoms with van der Waals surface area (Å²) in [5, 5.41) is 2.41. The van der Waals surface area contributed by atoms with Crippen molar-refractivity contribution in [1.82, 2.24) is 0 Å². The Bertz CT molecular complexity index is 555. The van der Waals surface area contributed by atoms with Gasteiger partial charge in [0.05, 0.1) is 0 Å². The molecule has 0 atom stereocenters. The zero-order chi connectivity index (χ0) is 20.9. The van der Waals surface area contributed by atoms with Gasteiger partial charge in [0.15, 0.2) is 0 Å². The molecule has 2 nitrogen and oxygen atoms in total. The van der Waals surface area contributed by atoms with E-state index in [9.17, 15) is 0 Å². The van der Waals surface area contributed by atoms with Crippen LogP contribution in [0.5, 0.6) is 0 Å². The Balaban J connectivity index is 2.40. The summed E-state index contributed by atoms with van der Waals surface area (Å²) in [6.45, 7) is 16.1. The van der Waals surface area contributed by atoms with E-state index in [4.69, 9.17) is 8.23 Å². The Morgan fingerprint density at radius 3 is 1.78 bits per heavy atom. The van der Waals surface area contributed by atoms with E-state index >= 15 is 0 Å². The summed E-state index contributed by atoms with van der Waals surface area (Å²) in [6.07, 6.45) is 6.46. The van der Waals surface area contributed by atoms with Crippen molar-refractivity contribution in [3.05, 3.63) is 17.0 Å². The van der Waals surface area contributed by atoms with Gasteiger partial charge in [-0.3, -0.25) is 0 Å². The van der Waals surface area contributed by atoms with Crippen LogP contribution in [0.2, 0.25) is 66.7 Å². The Morgan fingerprint density at radius 2 is 1.33 bits per heavy atom. The molecule has 0 aliphatic rings. The fourth-order valence-corrected chi connectivity index (χ4v) is 22.4. The number of hydrogen-bond donors (Lipinski definition) is 0. The van der Waals surface area contributed by atoms with Crippen molar-refractivity contribution < 1.29 is 8.23 Å². The van der Waals surface area contributed by atoms with Gasteiger partial charge in [-0.05, 0) is 39.3 Å². The van der Waals surface area contributed by atoms with E-state index in [1.54, 1.807) is 8.46 Å². The molecule has 0 aliphatic heterocycles. The van der Waals surface area contributed by atoms with Crippen molar-refractivity contribution in [2.75, 3.05) is 0 Å². The van der Waals surface area contributed by atoms with Gasteiger partial charge in [0.2, 0.25) is 0 Å². The van der Waals surface area contributed by atoms with Crippen molar-refractivity contribution in [3.8, 4) is 0 Å². The first-order valence-corrected chi connectivity index (χ1v) is 30.8. The van der Waals surface area contributed by atoms with Gasteiger partial charge in [-0.15, -0.1) is 0 Å². The van der Waals surface area contributed by atoms with Crippen LogP contribution in [0.1, 0.15) is 31.2 Å². The van der Waals surface area contributed by atoms with Gasteiger partial charge < -0.3 is 0 Å². The minimum atomic E-state index is -2.03. The topological polar surface area (TPSA) is 18.5 Å². The molecule has 27 heavy (non-hydrogen) atoms. The normalized spacial score (nSPS) is 14.0. The van der Waals surface area contributed by atoms with Gasteiger partial charge in [-0.2, -0.15) is 0 Å². The molecule has 0 aromatic carbocycles. The van der Waals surface area contributed by atoms with Crippen molar-refractivity contribution >= 4 is 57.8 Å². The maximum atomic E-state index is 6.61. The number of rotatable bonds is 12. The molecule has 0 radical (unpaired) electrons. The second kappa shape index (κ2) is 10.4. The molecule has 1 aromatic heterocycles. The van der Waals surface area contributed by atoms with E-state index in [2.05, 4.69) is 72.1 Å². The fraction of sp³-hybridized carbons (Fsp3) is 0.800. The van der Waals surface area contributed by atoms with Crippen LogP contribution in [0, 0.1) is 0 Å². The Morgan fingerprint density at radius 1 is 0.815 bits per heavy atom. The van der Waals surface area contributed by atoms with E-state index in [1.807, 2.05) is 11.3 Å². The minimum absolute atomic E-state index is 1.16. The summed E-state index contributed by atoms with van der Waals surface area (Å²) in [6, 6.07) is 3.66. The van der Waals surface area contributed by atoms with Crippen LogP contribution in [0.25, 0.3) is 0 Å². The van der Waals surface area contributed by atoms with E-state index in [1.165, 1.54) is 32.1 Å². The average Bonchev–Trinajstić information content (AvgIpc) is 2.86. The molecule has 7 heteroatoms. The van der Waals surface area contributed by atoms with Gasteiger partial charge in [0, 0.05) is 0 Å². The van der Waals surface area contributed by atoms with Gasteiger partial charge in [0.25, 0.3) is 0 Å². The van der Waals surface area contributed by atoms with Crippen molar-refractivity contribution in [1.29, 1.82) is 0 Å². The number of aryl methyl sites for hydroxylation is 1.